The van der Waals surface area contributed by atoms with Gasteiger partial charge in [0.2, 0.25) is 0 Å². The quantitative estimate of drug-likeness (QED) is 0.691. The number of hydrogen-bond donors (Lipinski definition) is 1. The van der Waals surface area contributed by atoms with E-state index in [9.17, 15) is 0 Å². The molecule has 21 heavy (non-hydrogen) atoms. The lowest BCUT2D eigenvalue weighted by atomic mass is 10.1. The van der Waals surface area contributed by atoms with Crippen LogP contribution < -0.4 is 5.32 Å². The van der Waals surface area contributed by atoms with Crippen molar-refractivity contribution in [1.29, 1.82) is 0 Å². The number of hydrogen-bond acceptors (Lipinski definition) is 1. The Morgan fingerprint density at radius 3 is 2.76 bits per heavy atom. The fourth-order valence-electron chi connectivity index (χ4n) is 2.43. The molecular weight excluding hydrogens is 348 g/mol. The maximum Gasteiger partial charge on any atom is 0.0485 e. The molecule has 0 aliphatic rings. The Balaban J connectivity index is 2.08. The third-order valence-electron chi connectivity index (χ3n) is 3.59. The summed E-state index contributed by atoms with van der Waals surface area (Å²) in [5.74, 6) is 0. The Morgan fingerprint density at radius 2 is 2.10 bits per heavy atom. The summed E-state index contributed by atoms with van der Waals surface area (Å²) >= 11 is 9.73. The molecule has 1 atom stereocenters. The first-order chi connectivity index (χ1) is 10.1. The lowest BCUT2D eigenvalue weighted by Gasteiger charge is -2.15. The van der Waals surface area contributed by atoms with Crippen LogP contribution in [0.15, 0.2) is 41.1 Å². The summed E-state index contributed by atoms with van der Waals surface area (Å²) in [6.07, 6.45) is 6.61. The van der Waals surface area contributed by atoms with Gasteiger partial charge in [0.15, 0.2) is 0 Å². The summed E-state index contributed by atoms with van der Waals surface area (Å²) in [5, 5.41) is 4.39. The van der Waals surface area contributed by atoms with E-state index in [2.05, 4.69) is 64.2 Å². The minimum atomic E-state index is 0.437. The van der Waals surface area contributed by atoms with Gasteiger partial charge in [0.05, 0.1) is 0 Å². The van der Waals surface area contributed by atoms with E-state index in [1.54, 1.807) is 0 Å². The number of benzene rings is 1. The molecule has 0 aliphatic heterocycles. The van der Waals surface area contributed by atoms with Crippen LogP contribution in [0.25, 0.3) is 0 Å². The lowest BCUT2D eigenvalue weighted by Crippen LogP contribution is -2.21. The summed E-state index contributed by atoms with van der Waals surface area (Å²) in [6, 6.07) is 8.68. The Hall–Kier alpha value is -0.770. The minimum Gasteiger partial charge on any atom is -0.350 e. The van der Waals surface area contributed by atoms with E-state index in [4.69, 9.17) is 11.6 Å². The van der Waals surface area contributed by atoms with Crippen LogP contribution in [0.3, 0.4) is 0 Å². The second kappa shape index (κ2) is 8.02. The molecule has 0 bridgehead atoms. The number of rotatable bonds is 7. The average Bonchev–Trinajstić information content (AvgIpc) is 2.91. The van der Waals surface area contributed by atoms with E-state index in [0.717, 1.165) is 41.0 Å². The van der Waals surface area contributed by atoms with Crippen LogP contribution in [0.2, 0.25) is 5.02 Å². The number of halogens is 2. The first-order valence-electron chi connectivity index (χ1n) is 7.47. The zero-order valence-electron chi connectivity index (χ0n) is 12.6. The van der Waals surface area contributed by atoms with Gasteiger partial charge in [0.25, 0.3) is 0 Å². The van der Waals surface area contributed by atoms with Crippen LogP contribution in [-0.4, -0.2) is 11.1 Å². The van der Waals surface area contributed by atoms with Crippen LogP contribution in [0.4, 0.5) is 0 Å². The highest BCUT2D eigenvalue weighted by atomic mass is 79.9. The second-order valence-electron chi connectivity index (χ2n) is 5.27. The average molecular weight is 370 g/mol. The molecule has 1 aromatic carbocycles. The van der Waals surface area contributed by atoms with E-state index in [0.29, 0.717) is 6.04 Å². The van der Waals surface area contributed by atoms with Crippen LogP contribution >= 0.6 is 27.5 Å². The first kappa shape index (κ1) is 16.6. The first-order valence-corrected chi connectivity index (χ1v) is 8.64. The molecule has 0 aliphatic carbocycles. The fraction of sp³-hybridized carbons (Fsp3) is 0.412. The molecule has 1 aromatic heterocycles. The van der Waals surface area contributed by atoms with Crippen molar-refractivity contribution >= 4 is 27.5 Å². The smallest absolute Gasteiger partial charge is 0.0485 e. The molecule has 2 aromatic rings. The van der Waals surface area contributed by atoms with Gasteiger partial charge in [-0.2, -0.15) is 0 Å². The van der Waals surface area contributed by atoms with Gasteiger partial charge in [0.1, 0.15) is 0 Å². The van der Waals surface area contributed by atoms with Crippen molar-refractivity contribution in [2.45, 2.75) is 39.3 Å². The van der Waals surface area contributed by atoms with Crippen LogP contribution in [-0.2, 0) is 6.54 Å². The normalized spacial score (nSPS) is 12.6. The van der Waals surface area contributed by atoms with E-state index in [1.165, 1.54) is 5.56 Å². The highest BCUT2D eigenvalue weighted by molar-refractivity contribution is 9.10. The van der Waals surface area contributed by atoms with Gasteiger partial charge < -0.3 is 9.88 Å². The molecule has 0 spiro atoms. The van der Waals surface area contributed by atoms with Gasteiger partial charge in [0, 0.05) is 34.5 Å². The Kier molecular flexibility index (Phi) is 6.34. The second-order valence-corrected chi connectivity index (χ2v) is 6.59. The molecule has 2 rings (SSSR count). The van der Waals surface area contributed by atoms with Crippen molar-refractivity contribution in [3.8, 4) is 0 Å². The van der Waals surface area contributed by atoms with Crippen LogP contribution in [0.1, 0.15) is 43.9 Å². The third kappa shape index (κ3) is 4.60. The molecule has 1 heterocycles. The number of nitrogens with one attached hydrogen (secondary N) is 1. The third-order valence-corrected chi connectivity index (χ3v) is 4.44. The highest BCUT2D eigenvalue weighted by Crippen LogP contribution is 2.23. The molecule has 114 valence electrons. The van der Waals surface area contributed by atoms with Gasteiger partial charge in [-0.1, -0.05) is 47.4 Å². The van der Waals surface area contributed by atoms with Crippen molar-refractivity contribution < 1.29 is 0 Å². The van der Waals surface area contributed by atoms with E-state index in [-0.39, 0.29) is 0 Å². The van der Waals surface area contributed by atoms with Crippen LogP contribution in [0, 0.1) is 0 Å². The number of aromatic nitrogens is 1. The topological polar surface area (TPSA) is 17.0 Å². The van der Waals surface area contributed by atoms with Gasteiger partial charge in [-0.25, -0.2) is 0 Å². The SMILES string of the molecule is CCCNC(CC)c1ccn(Cc2ccc(Br)cc2Cl)c1. The Bertz CT molecular complexity index is 580. The van der Waals surface area contributed by atoms with Gasteiger partial charge in [-0.3, -0.25) is 0 Å². The summed E-state index contributed by atoms with van der Waals surface area (Å²) in [4.78, 5) is 0. The maximum atomic E-state index is 6.29. The highest BCUT2D eigenvalue weighted by Gasteiger charge is 2.10. The zero-order valence-corrected chi connectivity index (χ0v) is 14.9. The monoisotopic (exact) mass is 368 g/mol. The molecule has 0 fully saturated rings. The summed E-state index contributed by atoms with van der Waals surface area (Å²) < 4.78 is 3.21. The standard InChI is InChI=1S/C17H22BrClN2/c1-3-8-20-17(4-2)14-7-9-21(12-14)11-13-5-6-15(18)10-16(13)19/h5-7,9-10,12,17,20H,3-4,8,11H2,1-2H3. The van der Waals surface area contributed by atoms with E-state index < -0.39 is 0 Å². The molecular formula is C17H22BrClN2. The summed E-state index contributed by atoms with van der Waals surface area (Å²) in [6.45, 7) is 6.27. The molecule has 0 amide bonds. The molecule has 4 heteroatoms. The van der Waals surface area contributed by atoms with E-state index in [1.807, 2.05) is 12.1 Å². The molecule has 1 unspecified atom stereocenters. The fourth-order valence-corrected chi connectivity index (χ4v) is 3.16. The molecule has 0 saturated carbocycles. The molecule has 1 N–H and O–H groups in total. The van der Waals surface area contributed by atoms with Gasteiger partial charge >= 0.3 is 0 Å². The molecule has 2 nitrogen and oxygen atoms in total. The van der Waals surface area contributed by atoms with Crippen molar-refractivity contribution in [2.75, 3.05) is 6.54 Å². The van der Waals surface area contributed by atoms with Crippen molar-refractivity contribution in [3.05, 3.63) is 57.3 Å². The Labute approximate surface area is 140 Å². The number of nitrogens with zero attached hydrogens (tertiary/aromatic N) is 1. The zero-order chi connectivity index (χ0) is 15.2. The maximum absolute atomic E-state index is 6.29. The largest absolute Gasteiger partial charge is 0.350 e. The van der Waals surface area contributed by atoms with Gasteiger partial charge in [-0.05, 0) is 48.7 Å². The van der Waals surface area contributed by atoms with Crippen molar-refractivity contribution in [2.24, 2.45) is 0 Å². The van der Waals surface area contributed by atoms with E-state index >= 15 is 0 Å². The van der Waals surface area contributed by atoms with Crippen molar-refractivity contribution in [3.63, 3.8) is 0 Å². The predicted octanol–water partition coefficient (Wildman–Crippen LogP) is 5.40. The van der Waals surface area contributed by atoms with Crippen LogP contribution in [0.5, 0.6) is 0 Å². The molecule has 0 saturated heterocycles. The molecule has 0 radical (unpaired) electrons. The summed E-state index contributed by atoms with van der Waals surface area (Å²) in [5.41, 5.74) is 2.48. The minimum absolute atomic E-state index is 0.437. The summed E-state index contributed by atoms with van der Waals surface area (Å²) in [7, 11) is 0. The predicted molar refractivity (Wildman–Crippen MR) is 94.0 cm³/mol. The Morgan fingerprint density at radius 1 is 1.29 bits per heavy atom. The van der Waals surface area contributed by atoms with Gasteiger partial charge in [-0.15, -0.1) is 0 Å². The lowest BCUT2D eigenvalue weighted by molar-refractivity contribution is 0.517. The van der Waals surface area contributed by atoms with Crippen molar-refractivity contribution in [1.82, 2.24) is 9.88 Å².